The van der Waals surface area contributed by atoms with Crippen molar-refractivity contribution in [1.82, 2.24) is 15.0 Å². The first-order valence-electron chi connectivity index (χ1n) is 12.6. The third-order valence-corrected chi connectivity index (χ3v) is 6.84. The molecule has 0 spiro atoms. The molecule has 1 aliphatic rings. The number of hydrogen-bond acceptors (Lipinski definition) is 9. The third-order valence-electron chi connectivity index (χ3n) is 6.84. The Morgan fingerprint density at radius 3 is 2.44 bits per heavy atom. The normalized spacial score (nSPS) is 13.9. The molecule has 1 atom stereocenters. The number of nitrogens with one attached hydrogen (secondary N) is 1. The summed E-state index contributed by atoms with van der Waals surface area (Å²) in [6, 6.07) is 18.5. The lowest BCUT2D eigenvalue weighted by atomic mass is 10.0. The second-order valence-electron chi connectivity index (χ2n) is 9.40. The van der Waals surface area contributed by atoms with E-state index in [1.165, 1.54) is 0 Å². The summed E-state index contributed by atoms with van der Waals surface area (Å²) in [6.07, 6.45) is 1.61. The van der Waals surface area contributed by atoms with E-state index in [0.29, 0.717) is 54.4 Å². The van der Waals surface area contributed by atoms with Crippen LogP contribution in [-0.2, 0) is 0 Å². The van der Waals surface area contributed by atoms with Crippen molar-refractivity contribution in [3.8, 4) is 12.1 Å². The maximum absolute atomic E-state index is 11.7. The van der Waals surface area contributed by atoms with E-state index in [9.17, 15) is 20.4 Å². The van der Waals surface area contributed by atoms with Crippen molar-refractivity contribution in [3.05, 3.63) is 82.8 Å². The largest absolute Gasteiger partial charge is 0.478 e. The van der Waals surface area contributed by atoms with Crippen molar-refractivity contribution < 1.29 is 9.90 Å². The summed E-state index contributed by atoms with van der Waals surface area (Å²) in [6.45, 7) is 6.36. The minimum Gasteiger partial charge on any atom is -0.478 e. The number of fused-ring (bicyclic) bond motifs is 1. The van der Waals surface area contributed by atoms with Crippen molar-refractivity contribution in [1.29, 1.82) is 10.5 Å². The van der Waals surface area contributed by atoms with E-state index in [0.717, 1.165) is 16.8 Å². The van der Waals surface area contributed by atoms with Crippen LogP contribution < -0.4 is 15.1 Å². The van der Waals surface area contributed by atoms with E-state index in [-0.39, 0.29) is 17.3 Å². The van der Waals surface area contributed by atoms with Crippen LogP contribution in [0.3, 0.4) is 0 Å². The van der Waals surface area contributed by atoms with E-state index >= 15 is 0 Å². The zero-order chi connectivity index (χ0) is 27.5. The summed E-state index contributed by atoms with van der Waals surface area (Å²) in [4.78, 5) is 29.7. The van der Waals surface area contributed by atoms with Crippen LogP contribution in [0.1, 0.15) is 45.8 Å². The van der Waals surface area contributed by atoms with Crippen molar-refractivity contribution in [2.75, 3.05) is 41.3 Å². The predicted molar refractivity (Wildman–Crippen MR) is 148 cm³/mol. The molecule has 2 aromatic heterocycles. The van der Waals surface area contributed by atoms with Gasteiger partial charge in [0.05, 0.1) is 28.3 Å². The van der Waals surface area contributed by atoms with Gasteiger partial charge in [-0.1, -0.05) is 18.2 Å². The number of pyridine rings is 1. The maximum Gasteiger partial charge on any atom is 0.337 e. The van der Waals surface area contributed by atoms with Crippen LogP contribution in [0, 0.1) is 29.6 Å². The number of carboxylic acid groups (broad SMARTS) is 1. The SMILES string of the molecule is Cc1cc([C@@H](C)Nc2ccccc2C(=O)O)c2nc(N3CCN(c4cccnc4C#N)CC3)c(C#N)nc2c1. The van der Waals surface area contributed by atoms with Crippen LogP contribution >= 0.6 is 0 Å². The Hall–Kier alpha value is -5.22. The molecule has 39 heavy (non-hydrogen) atoms. The summed E-state index contributed by atoms with van der Waals surface area (Å²) < 4.78 is 0. The molecule has 0 saturated carbocycles. The quantitative estimate of drug-likeness (QED) is 0.380. The fourth-order valence-corrected chi connectivity index (χ4v) is 4.95. The second kappa shape index (κ2) is 10.6. The number of para-hydroxylation sites is 1. The standard InChI is InChI=1S/C29H26N8O2/c1-18-14-21(19(2)33-22-7-4-3-6-20(22)29(38)39)27-23(15-18)34-25(17-31)28(35-27)37-12-10-36(11-13-37)26-8-5-9-32-24(26)16-30/h3-9,14-15,19,33H,10-13H2,1-2H3,(H,38,39)/t19-/m1/s1. The summed E-state index contributed by atoms with van der Waals surface area (Å²) in [7, 11) is 0. The van der Waals surface area contributed by atoms with Gasteiger partial charge in [0.1, 0.15) is 12.1 Å². The van der Waals surface area contributed by atoms with Crippen molar-refractivity contribution in [3.63, 3.8) is 0 Å². The molecule has 4 aromatic rings. The average molecular weight is 519 g/mol. The molecule has 0 radical (unpaired) electrons. The summed E-state index contributed by atoms with van der Waals surface area (Å²) in [5, 5.41) is 32.3. The Morgan fingerprint density at radius 2 is 1.72 bits per heavy atom. The molecule has 0 aliphatic carbocycles. The lowest BCUT2D eigenvalue weighted by Crippen LogP contribution is -2.47. The van der Waals surface area contributed by atoms with Crippen LogP contribution in [0.5, 0.6) is 0 Å². The van der Waals surface area contributed by atoms with Gasteiger partial charge < -0.3 is 20.2 Å². The van der Waals surface area contributed by atoms with Gasteiger partial charge in [-0.2, -0.15) is 10.5 Å². The average Bonchev–Trinajstić information content (AvgIpc) is 2.96. The van der Waals surface area contributed by atoms with Gasteiger partial charge in [-0.15, -0.1) is 0 Å². The number of aromatic carboxylic acids is 1. The van der Waals surface area contributed by atoms with E-state index in [1.54, 1.807) is 30.5 Å². The Kier molecular flexibility index (Phi) is 6.94. The number of piperazine rings is 1. The first kappa shape index (κ1) is 25.4. The number of nitrogens with zero attached hydrogens (tertiary/aromatic N) is 7. The van der Waals surface area contributed by atoms with Crippen LogP contribution in [0.4, 0.5) is 17.2 Å². The van der Waals surface area contributed by atoms with Crippen LogP contribution in [-0.4, -0.2) is 52.2 Å². The maximum atomic E-state index is 11.7. The van der Waals surface area contributed by atoms with Gasteiger partial charge in [-0.05, 0) is 49.7 Å². The number of nitriles is 2. The van der Waals surface area contributed by atoms with E-state index in [1.807, 2.05) is 43.0 Å². The highest BCUT2D eigenvalue weighted by Gasteiger charge is 2.25. The van der Waals surface area contributed by atoms with Crippen molar-refractivity contribution >= 4 is 34.2 Å². The lowest BCUT2D eigenvalue weighted by Gasteiger charge is -2.37. The molecule has 0 unspecified atom stereocenters. The Morgan fingerprint density at radius 1 is 1.00 bits per heavy atom. The van der Waals surface area contributed by atoms with Gasteiger partial charge in [0.25, 0.3) is 0 Å². The monoisotopic (exact) mass is 518 g/mol. The fraction of sp³-hybridized carbons (Fsp3) is 0.241. The van der Waals surface area contributed by atoms with Gasteiger partial charge in [0.2, 0.25) is 0 Å². The molecular weight excluding hydrogens is 492 g/mol. The molecule has 194 valence electrons. The first-order valence-corrected chi connectivity index (χ1v) is 12.6. The Labute approximate surface area is 225 Å². The van der Waals surface area contributed by atoms with Gasteiger partial charge >= 0.3 is 5.97 Å². The van der Waals surface area contributed by atoms with E-state index < -0.39 is 5.97 Å². The molecular formula is C29H26N8O2. The van der Waals surface area contributed by atoms with Crippen molar-refractivity contribution in [2.45, 2.75) is 19.9 Å². The van der Waals surface area contributed by atoms with Crippen LogP contribution in [0.25, 0.3) is 11.0 Å². The third kappa shape index (κ3) is 5.00. The minimum atomic E-state index is -1.01. The minimum absolute atomic E-state index is 0.186. The second-order valence-corrected chi connectivity index (χ2v) is 9.40. The highest BCUT2D eigenvalue weighted by Crippen LogP contribution is 2.31. The summed E-state index contributed by atoms with van der Waals surface area (Å²) in [5.74, 6) is -0.493. The number of benzene rings is 2. The number of aryl methyl sites for hydroxylation is 1. The molecule has 0 bridgehead atoms. The zero-order valence-corrected chi connectivity index (χ0v) is 21.6. The predicted octanol–water partition coefficient (Wildman–Crippen LogP) is 4.27. The van der Waals surface area contributed by atoms with Gasteiger partial charge in [-0.25, -0.2) is 19.7 Å². The molecule has 5 rings (SSSR count). The molecule has 2 N–H and O–H groups in total. The van der Waals surface area contributed by atoms with E-state index in [2.05, 4.69) is 32.3 Å². The van der Waals surface area contributed by atoms with Crippen LogP contribution in [0.2, 0.25) is 0 Å². The molecule has 10 heteroatoms. The summed E-state index contributed by atoms with van der Waals surface area (Å²) >= 11 is 0. The molecule has 1 saturated heterocycles. The van der Waals surface area contributed by atoms with E-state index in [4.69, 9.17) is 4.98 Å². The number of hydrogen-bond donors (Lipinski definition) is 2. The molecule has 2 aromatic carbocycles. The topological polar surface area (TPSA) is 142 Å². The van der Waals surface area contributed by atoms with Gasteiger partial charge in [-0.3, -0.25) is 0 Å². The summed E-state index contributed by atoms with van der Waals surface area (Å²) in [5.41, 5.74) is 5.22. The number of carboxylic acids is 1. The van der Waals surface area contributed by atoms with Crippen molar-refractivity contribution in [2.24, 2.45) is 0 Å². The van der Waals surface area contributed by atoms with Crippen LogP contribution in [0.15, 0.2) is 54.7 Å². The Balaban J connectivity index is 1.48. The fourth-order valence-electron chi connectivity index (χ4n) is 4.95. The highest BCUT2D eigenvalue weighted by atomic mass is 16.4. The number of carbonyl (C=O) groups is 1. The number of aromatic nitrogens is 3. The number of anilines is 3. The molecule has 1 fully saturated rings. The molecule has 3 heterocycles. The van der Waals surface area contributed by atoms with Gasteiger partial charge in [0, 0.05) is 43.6 Å². The zero-order valence-electron chi connectivity index (χ0n) is 21.6. The molecule has 10 nitrogen and oxygen atoms in total. The first-order chi connectivity index (χ1) is 18.9. The molecule has 0 amide bonds. The number of rotatable bonds is 6. The lowest BCUT2D eigenvalue weighted by molar-refractivity contribution is 0.0698. The van der Waals surface area contributed by atoms with Gasteiger partial charge in [0.15, 0.2) is 17.2 Å². The smallest absolute Gasteiger partial charge is 0.337 e. The highest BCUT2D eigenvalue weighted by molar-refractivity contribution is 5.94. The Bertz CT molecular complexity index is 1650. The molecule has 1 aliphatic heterocycles.